The first-order valence-corrected chi connectivity index (χ1v) is 9.63. The largest absolute Gasteiger partial charge is 0.369 e. The molecule has 2 aromatic carbocycles. The molecule has 0 saturated carbocycles. The Morgan fingerprint density at radius 3 is 2.69 bits per heavy atom. The third-order valence-corrected chi connectivity index (χ3v) is 5.42. The standard InChI is InChI=1S/C21H24ClN3O/c1-15-10-16(12-19(11-15)24-8-6-23-7-9-24)14-25-20-4-3-18(22)13-17(20)2-5-21(25)26/h3-4,10-13,23H,2,5-9,14H2,1H3. The lowest BCUT2D eigenvalue weighted by atomic mass is 10.00. The zero-order valence-corrected chi connectivity index (χ0v) is 15.9. The fraction of sp³-hybridized carbons (Fsp3) is 0.381. The van der Waals surface area contributed by atoms with Gasteiger partial charge in [-0.25, -0.2) is 0 Å². The van der Waals surface area contributed by atoms with Crippen LogP contribution in [0.1, 0.15) is 23.1 Å². The summed E-state index contributed by atoms with van der Waals surface area (Å²) in [6.07, 6.45) is 1.31. The third-order valence-electron chi connectivity index (χ3n) is 5.19. The molecule has 2 aromatic rings. The summed E-state index contributed by atoms with van der Waals surface area (Å²) in [6, 6.07) is 12.5. The van der Waals surface area contributed by atoms with Gasteiger partial charge >= 0.3 is 0 Å². The molecule has 5 heteroatoms. The van der Waals surface area contributed by atoms with Crippen LogP contribution in [0.3, 0.4) is 0 Å². The van der Waals surface area contributed by atoms with Crippen molar-refractivity contribution in [2.24, 2.45) is 0 Å². The van der Waals surface area contributed by atoms with Gasteiger partial charge in [0.2, 0.25) is 5.91 Å². The molecule has 0 atom stereocenters. The van der Waals surface area contributed by atoms with Gasteiger partial charge in [0.25, 0.3) is 0 Å². The minimum absolute atomic E-state index is 0.185. The lowest BCUT2D eigenvalue weighted by Crippen LogP contribution is -2.43. The molecule has 0 radical (unpaired) electrons. The molecule has 136 valence electrons. The van der Waals surface area contributed by atoms with Crippen molar-refractivity contribution in [2.45, 2.75) is 26.3 Å². The highest BCUT2D eigenvalue weighted by molar-refractivity contribution is 6.30. The van der Waals surface area contributed by atoms with Gasteiger partial charge in [0, 0.05) is 49.0 Å². The van der Waals surface area contributed by atoms with E-state index in [2.05, 4.69) is 35.3 Å². The molecule has 1 amide bonds. The van der Waals surface area contributed by atoms with Crippen LogP contribution >= 0.6 is 11.6 Å². The molecule has 2 aliphatic rings. The maximum Gasteiger partial charge on any atom is 0.227 e. The Morgan fingerprint density at radius 2 is 1.88 bits per heavy atom. The highest BCUT2D eigenvalue weighted by Crippen LogP contribution is 2.32. The number of nitrogens with one attached hydrogen (secondary N) is 1. The van der Waals surface area contributed by atoms with E-state index in [9.17, 15) is 4.79 Å². The second-order valence-electron chi connectivity index (χ2n) is 7.17. The minimum Gasteiger partial charge on any atom is -0.369 e. The normalized spacial score (nSPS) is 17.4. The Kier molecular flexibility index (Phi) is 4.88. The molecular weight excluding hydrogens is 346 g/mol. The second-order valence-corrected chi connectivity index (χ2v) is 7.60. The van der Waals surface area contributed by atoms with Crippen molar-refractivity contribution in [1.82, 2.24) is 5.32 Å². The van der Waals surface area contributed by atoms with E-state index in [0.717, 1.165) is 48.9 Å². The van der Waals surface area contributed by atoms with Crippen molar-refractivity contribution >= 4 is 28.9 Å². The van der Waals surface area contributed by atoms with Gasteiger partial charge in [0.15, 0.2) is 0 Å². The maximum absolute atomic E-state index is 12.6. The van der Waals surface area contributed by atoms with Crippen LogP contribution in [0.5, 0.6) is 0 Å². The number of nitrogens with zero attached hydrogens (tertiary/aromatic N) is 2. The molecular formula is C21H24ClN3O. The van der Waals surface area contributed by atoms with Crippen molar-refractivity contribution < 1.29 is 4.79 Å². The van der Waals surface area contributed by atoms with Crippen LogP contribution in [0.4, 0.5) is 11.4 Å². The van der Waals surface area contributed by atoms with Crippen molar-refractivity contribution in [3.05, 3.63) is 58.1 Å². The van der Waals surface area contributed by atoms with E-state index in [1.807, 2.05) is 23.1 Å². The minimum atomic E-state index is 0.185. The van der Waals surface area contributed by atoms with E-state index in [1.54, 1.807) is 0 Å². The fourth-order valence-corrected chi connectivity index (χ4v) is 4.12. The van der Waals surface area contributed by atoms with Gasteiger partial charge in [0.05, 0.1) is 6.54 Å². The SMILES string of the molecule is Cc1cc(CN2C(=O)CCc3cc(Cl)ccc32)cc(N2CCNCC2)c1. The second kappa shape index (κ2) is 7.29. The smallest absolute Gasteiger partial charge is 0.227 e. The Hall–Kier alpha value is -2.04. The molecule has 2 heterocycles. The van der Waals surface area contributed by atoms with Crippen LogP contribution in [0.15, 0.2) is 36.4 Å². The number of carbonyl (C=O) groups is 1. The average molecular weight is 370 g/mol. The van der Waals surface area contributed by atoms with Gasteiger partial charge in [-0.15, -0.1) is 0 Å². The van der Waals surface area contributed by atoms with Crippen LogP contribution in [0.25, 0.3) is 0 Å². The lowest BCUT2D eigenvalue weighted by Gasteiger charge is -2.32. The number of aryl methyl sites for hydroxylation is 2. The first-order chi connectivity index (χ1) is 12.6. The van der Waals surface area contributed by atoms with Gasteiger partial charge in [-0.2, -0.15) is 0 Å². The van der Waals surface area contributed by atoms with E-state index in [0.29, 0.717) is 13.0 Å². The fourth-order valence-electron chi connectivity index (χ4n) is 3.92. The number of rotatable bonds is 3. The number of amides is 1. The zero-order valence-electron chi connectivity index (χ0n) is 15.1. The summed E-state index contributed by atoms with van der Waals surface area (Å²) >= 11 is 6.13. The molecule has 26 heavy (non-hydrogen) atoms. The Morgan fingerprint density at radius 1 is 1.08 bits per heavy atom. The Labute approximate surface area is 159 Å². The molecule has 4 rings (SSSR count). The van der Waals surface area contributed by atoms with E-state index in [4.69, 9.17) is 11.6 Å². The predicted molar refractivity (Wildman–Crippen MR) is 107 cm³/mol. The van der Waals surface area contributed by atoms with Crippen molar-refractivity contribution in [1.29, 1.82) is 0 Å². The summed E-state index contributed by atoms with van der Waals surface area (Å²) in [5, 5.41) is 4.13. The third kappa shape index (κ3) is 3.57. The maximum atomic E-state index is 12.6. The number of anilines is 2. The summed E-state index contributed by atoms with van der Waals surface area (Å²) in [4.78, 5) is 16.9. The molecule has 1 fully saturated rings. The summed E-state index contributed by atoms with van der Waals surface area (Å²) < 4.78 is 0. The molecule has 1 saturated heterocycles. The number of piperazine rings is 1. The average Bonchev–Trinajstić information content (AvgIpc) is 2.64. The van der Waals surface area contributed by atoms with Crippen LogP contribution in [0, 0.1) is 6.92 Å². The molecule has 0 spiro atoms. The summed E-state index contributed by atoms with van der Waals surface area (Å²) in [6.45, 7) is 6.80. The van der Waals surface area contributed by atoms with E-state index in [1.165, 1.54) is 16.8 Å². The van der Waals surface area contributed by atoms with Gasteiger partial charge in [-0.3, -0.25) is 4.79 Å². The molecule has 0 aliphatic carbocycles. The van der Waals surface area contributed by atoms with Crippen LogP contribution in [-0.2, 0) is 17.8 Å². The first-order valence-electron chi connectivity index (χ1n) is 9.25. The number of hydrogen-bond donors (Lipinski definition) is 1. The predicted octanol–water partition coefficient (Wildman–Crippen LogP) is 3.54. The van der Waals surface area contributed by atoms with Gasteiger partial charge in [-0.1, -0.05) is 17.7 Å². The topological polar surface area (TPSA) is 35.6 Å². The van der Waals surface area contributed by atoms with Crippen molar-refractivity contribution in [3.63, 3.8) is 0 Å². The number of benzene rings is 2. The van der Waals surface area contributed by atoms with Gasteiger partial charge in [-0.05, 0) is 60.4 Å². The lowest BCUT2D eigenvalue weighted by molar-refractivity contribution is -0.119. The van der Waals surface area contributed by atoms with Crippen LogP contribution < -0.4 is 15.1 Å². The summed E-state index contributed by atoms with van der Waals surface area (Å²) in [5.41, 5.74) is 5.82. The number of halogens is 1. The monoisotopic (exact) mass is 369 g/mol. The highest BCUT2D eigenvalue weighted by atomic mass is 35.5. The van der Waals surface area contributed by atoms with Gasteiger partial charge < -0.3 is 15.1 Å². The Balaban J connectivity index is 1.63. The molecule has 0 bridgehead atoms. The quantitative estimate of drug-likeness (QED) is 0.898. The molecule has 0 unspecified atom stereocenters. The summed E-state index contributed by atoms with van der Waals surface area (Å²) in [7, 11) is 0. The number of carbonyl (C=O) groups excluding carboxylic acids is 1. The number of hydrogen-bond acceptors (Lipinski definition) is 3. The van der Waals surface area contributed by atoms with Crippen LogP contribution in [0.2, 0.25) is 5.02 Å². The van der Waals surface area contributed by atoms with E-state index >= 15 is 0 Å². The number of fused-ring (bicyclic) bond motifs is 1. The van der Waals surface area contributed by atoms with E-state index < -0.39 is 0 Å². The molecule has 0 aromatic heterocycles. The Bertz CT molecular complexity index is 830. The van der Waals surface area contributed by atoms with Crippen molar-refractivity contribution in [2.75, 3.05) is 36.0 Å². The first kappa shape index (κ1) is 17.4. The summed E-state index contributed by atoms with van der Waals surface area (Å²) in [5.74, 6) is 0.185. The zero-order chi connectivity index (χ0) is 18.1. The van der Waals surface area contributed by atoms with Crippen LogP contribution in [-0.4, -0.2) is 32.1 Å². The van der Waals surface area contributed by atoms with Gasteiger partial charge in [0.1, 0.15) is 0 Å². The molecule has 1 N–H and O–H groups in total. The highest BCUT2D eigenvalue weighted by Gasteiger charge is 2.24. The van der Waals surface area contributed by atoms with Crippen molar-refractivity contribution in [3.8, 4) is 0 Å². The van der Waals surface area contributed by atoms with E-state index in [-0.39, 0.29) is 5.91 Å². The molecule has 4 nitrogen and oxygen atoms in total. The molecule has 2 aliphatic heterocycles.